The molecule has 0 heterocycles. The van der Waals surface area contributed by atoms with Crippen LogP contribution in [0.4, 0.5) is 0 Å². The average molecular weight is 847 g/mol. The standard InChI is InChI=1S/C50H56O8P2/c1-12-13-14-40-29-42(52-11)31-44(50(40)58-60(55-47-22-17-34(4)27-38(47)8)56-48-23-18-35(5)28-39(48)9)43-30-41(51-10)19-24-49(43)57-59(53-45-20-15-32(2)25-36(45)6)54-46-21-16-33(3)26-37(46)7/h15-31H,12-14H2,1-11H3. The van der Waals surface area contributed by atoms with Gasteiger partial charge in [-0.05, 0) is 151 Å². The van der Waals surface area contributed by atoms with Gasteiger partial charge in [0.05, 0.1) is 14.2 Å². The molecule has 0 saturated heterocycles. The first kappa shape index (κ1) is 44.1. The quantitative estimate of drug-likeness (QED) is 0.0792. The molecule has 60 heavy (non-hydrogen) atoms. The first-order valence-corrected chi connectivity index (χ1v) is 22.4. The van der Waals surface area contributed by atoms with E-state index in [9.17, 15) is 0 Å². The van der Waals surface area contributed by atoms with E-state index >= 15 is 0 Å². The number of unbranched alkanes of at least 4 members (excludes halogenated alkanes) is 1. The van der Waals surface area contributed by atoms with Crippen LogP contribution in [0.15, 0.2) is 103 Å². The molecule has 0 atom stereocenters. The van der Waals surface area contributed by atoms with Crippen molar-refractivity contribution in [2.24, 2.45) is 0 Å². The number of methoxy groups -OCH3 is 2. The lowest BCUT2D eigenvalue weighted by Gasteiger charge is -2.25. The molecule has 0 N–H and O–H groups in total. The van der Waals surface area contributed by atoms with Gasteiger partial charge in [0.2, 0.25) is 0 Å². The summed E-state index contributed by atoms with van der Waals surface area (Å²) in [6, 6.07) is 33.9. The van der Waals surface area contributed by atoms with Gasteiger partial charge in [-0.1, -0.05) is 84.1 Å². The summed E-state index contributed by atoms with van der Waals surface area (Å²) in [4.78, 5) is 0. The summed E-state index contributed by atoms with van der Waals surface area (Å²) in [5, 5.41) is 0. The van der Waals surface area contributed by atoms with Crippen LogP contribution in [0.5, 0.6) is 46.0 Å². The van der Waals surface area contributed by atoms with Crippen molar-refractivity contribution in [3.8, 4) is 57.1 Å². The minimum atomic E-state index is -2.07. The molecule has 6 aromatic carbocycles. The van der Waals surface area contributed by atoms with Crippen LogP contribution in [-0.4, -0.2) is 14.2 Å². The van der Waals surface area contributed by atoms with E-state index in [0.717, 1.165) is 62.9 Å². The fraction of sp³-hybridized carbons (Fsp3) is 0.280. The van der Waals surface area contributed by atoms with Crippen LogP contribution in [0.1, 0.15) is 69.8 Å². The average Bonchev–Trinajstić information content (AvgIpc) is 3.21. The third-order valence-electron chi connectivity index (χ3n) is 10.0. The number of rotatable bonds is 18. The highest BCUT2D eigenvalue weighted by molar-refractivity contribution is 7.43. The van der Waals surface area contributed by atoms with E-state index < -0.39 is 17.2 Å². The van der Waals surface area contributed by atoms with Crippen molar-refractivity contribution in [3.63, 3.8) is 0 Å². The molecular formula is C50H56O8P2. The van der Waals surface area contributed by atoms with E-state index in [0.29, 0.717) is 63.5 Å². The molecule has 6 aromatic rings. The van der Waals surface area contributed by atoms with Crippen molar-refractivity contribution in [2.75, 3.05) is 14.2 Å². The third kappa shape index (κ3) is 11.2. The molecule has 0 aliphatic carbocycles. The van der Waals surface area contributed by atoms with Crippen molar-refractivity contribution in [1.82, 2.24) is 0 Å². The van der Waals surface area contributed by atoms with Crippen LogP contribution < -0.4 is 36.6 Å². The molecule has 0 unspecified atom stereocenters. The Balaban J connectivity index is 1.51. The predicted octanol–water partition coefficient (Wildman–Crippen LogP) is 14.7. The zero-order valence-corrected chi connectivity index (χ0v) is 38.4. The van der Waals surface area contributed by atoms with Crippen molar-refractivity contribution in [3.05, 3.63) is 153 Å². The monoisotopic (exact) mass is 846 g/mol. The van der Waals surface area contributed by atoms with Crippen LogP contribution in [0, 0.1) is 55.4 Å². The number of aryl methyl sites for hydroxylation is 9. The SMILES string of the molecule is CCCCc1cc(OC)cc(-c2cc(OC)ccc2OP(Oc2ccc(C)cc2C)Oc2ccc(C)cc2C)c1OP(Oc1ccc(C)cc1C)Oc1ccc(C)cc1C. The van der Waals surface area contributed by atoms with Crippen LogP contribution in [0.3, 0.4) is 0 Å². The van der Waals surface area contributed by atoms with Gasteiger partial charge in [0, 0.05) is 11.1 Å². The number of hydrogen-bond acceptors (Lipinski definition) is 8. The van der Waals surface area contributed by atoms with E-state index in [1.54, 1.807) is 14.2 Å². The molecule has 314 valence electrons. The van der Waals surface area contributed by atoms with Crippen LogP contribution in [0.25, 0.3) is 11.1 Å². The Kier molecular flexibility index (Phi) is 14.9. The summed E-state index contributed by atoms with van der Waals surface area (Å²) >= 11 is 0. The lowest BCUT2D eigenvalue weighted by Crippen LogP contribution is -2.08. The second kappa shape index (κ2) is 20.2. The Hall–Kier alpha value is -5.42. The van der Waals surface area contributed by atoms with Gasteiger partial charge < -0.3 is 36.6 Å². The highest BCUT2D eigenvalue weighted by Crippen LogP contribution is 2.53. The van der Waals surface area contributed by atoms with Crippen molar-refractivity contribution < 1.29 is 36.6 Å². The molecule has 8 nitrogen and oxygen atoms in total. The lowest BCUT2D eigenvalue weighted by atomic mass is 9.97. The van der Waals surface area contributed by atoms with Gasteiger partial charge in [0.25, 0.3) is 0 Å². The van der Waals surface area contributed by atoms with E-state index in [1.165, 1.54) is 0 Å². The molecule has 0 aromatic heterocycles. The summed E-state index contributed by atoms with van der Waals surface area (Å²) in [5.74, 6) is 5.02. The Morgan fingerprint density at radius 2 is 0.783 bits per heavy atom. The zero-order chi connectivity index (χ0) is 42.9. The molecule has 0 amide bonds. The van der Waals surface area contributed by atoms with Gasteiger partial charge in [-0.3, -0.25) is 0 Å². The van der Waals surface area contributed by atoms with Gasteiger partial charge >= 0.3 is 17.2 Å². The van der Waals surface area contributed by atoms with E-state index in [4.69, 9.17) is 36.6 Å². The molecule has 0 fully saturated rings. The number of benzene rings is 6. The smallest absolute Gasteiger partial charge is 0.497 e. The van der Waals surface area contributed by atoms with Gasteiger partial charge in [-0.2, -0.15) is 0 Å². The first-order chi connectivity index (χ1) is 28.8. The van der Waals surface area contributed by atoms with Gasteiger partial charge in [0.15, 0.2) is 0 Å². The van der Waals surface area contributed by atoms with Gasteiger partial charge in [-0.25, -0.2) is 0 Å². The molecular weight excluding hydrogens is 790 g/mol. The maximum absolute atomic E-state index is 7.10. The third-order valence-corrected chi connectivity index (χ3v) is 12.1. The van der Waals surface area contributed by atoms with E-state index in [1.807, 2.05) is 107 Å². The normalized spacial score (nSPS) is 11.1. The van der Waals surface area contributed by atoms with Crippen molar-refractivity contribution >= 4 is 17.2 Å². The molecule has 0 aliphatic heterocycles. The first-order valence-electron chi connectivity index (χ1n) is 20.2. The Morgan fingerprint density at radius 3 is 1.18 bits per heavy atom. The van der Waals surface area contributed by atoms with Crippen molar-refractivity contribution in [1.29, 1.82) is 0 Å². The summed E-state index contributed by atoms with van der Waals surface area (Å²) < 4.78 is 52.4. The Bertz CT molecular complexity index is 2320. The van der Waals surface area contributed by atoms with E-state index in [-0.39, 0.29) is 0 Å². The minimum absolute atomic E-state index is 0.492. The number of hydrogen-bond donors (Lipinski definition) is 0. The van der Waals surface area contributed by atoms with Crippen LogP contribution >= 0.6 is 17.2 Å². The highest BCUT2D eigenvalue weighted by Gasteiger charge is 2.30. The summed E-state index contributed by atoms with van der Waals surface area (Å²) in [6.45, 7) is 18.5. The maximum atomic E-state index is 7.10. The van der Waals surface area contributed by atoms with Gasteiger partial charge in [0.1, 0.15) is 46.0 Å². The second-order valence-corrected chi connectivity index (χ2v) is 17.2. The highest BCUT2D eigenvalue weighted by atomic mass is 31.2. The molecule has 0 spiro atoms. The lowest BCUT2D eigenvalue weighted by molar-refractivity contribution is 0.380. The number of ether oxygens (including phenoxy) is 2. The predicted molar refractivity (Wildman–Crippen MR) is 245 cm³/mol. The molecule has 6 rings (SSSR count). The zero-order valence-electron chi connectivity index (χ0n) is 36.6. The fourth-order valence-corrected chi connectivity index (χ4v) is 9.13. The van der Waals surface area contributed by atoms with E-state index in [2.05, 4.69) is 58.9 Å². The molecule has 0 aliphatic rings. The van der Waals surface area contributed by atoms with Crippen LogP contribution in [-0.2, 0) is 6.42 Å². The molecule has 10 heteroatoms. The van der Waals surface area contributed by atoms with Crippen LogP contribution in [0.2, 0.25) is 0 Å². The Morgan fingerprint density at radius 1 is 0.400 bits per heavy atom. The largest absolute Gasteiger partial charge is 0.530 e. The minimum Gasteiger partial charge on any atom is -0.497 e. The topological polar surface area (TPSA) is 73.8 Å². The summed E-state index contributed by atoms with van der Waals surface area (Å²) in [6.07, 6.45) is 2.60. The molecule has 0 saturated carbocycles. The molecule has 0 radical (unpaired) electrons. The summed E-state index contributed by atoms with van der Waals surface area (Å²) in [7, 11) is -0.813. The Labute approximate surface area is 358 Å². The maximum Gasteiger partial charge on any atom is 0.530 e. The summed E-state index contributed by atoms with van der Waals surface area (Å²) in [5.41, 5.74) is 10.7. The second-order valence-electron chi connectivity index (χ2n) is 15.2. The fourth-order valence-electron chi connectivity index (χ4n) is 6.76. The van der Waals surface area contributed by atoms with Crippen molar-refractivity contribution in [2.45, 2.75) is 81.6 Å². The molecule has 0 bridgehead atoms. The van der Waals surface area contributed by atoms with Gasteiger partial charge in [-0.15, -0.1) is 0 Å².